The molecule has 1 aliphatic rings. The monoisotopic (exact) mass is 367 g/mol. The fourth-order valence-corrected chi connectivity index (χ4v) is 3.88. The molecule has 27 heavy (non-hydrogen) atoms. The van der Waals surface area contributed by atoms with Gasteiger partial charge in [0.1, 0.15) is 5.58 Å². The van der Waals surface area contributed by atoms with Crippen LogP contribution >= 0.6 is 0 Å². The summed E-state index contributed by atoms with van der Waals surface area (Å²) in [5.74, 6) is 0.119. The first kappa shape index (κ1) is 17.8. The van der Waals surface area contributed by atoms with Crippen LogP contribution in [0.15, 0.2) is 41.3 Å². The van der Waals surface area contributed by atoms with Crippen LogP contribution in [0.5, 0.6) is 0 Å². The number of benzene rings is 1. The molecular formula is C21H25N3O3. The van der Waals surface area contributed by atoms with E-state index in [9.17, 15) is 4.79 Å². The summed E-state index contributed by atoms with van der Waals surface area (Å²) in [5.41, 5.74) is 4.13. The molecule has 3 heterocycles. The number of amides is 1. The van der Waals surface area contributed by atoms with Crippen LogP contribution in [-0.2, 0) is 22.5 Å². The van der Waals surface area contributed by atoms with Crippen molar-refractivity contribution in [2.24, 2.45) is 0 Å². The van der Waals surface area contributed by atoms with E-state index < -0.39 is 0 Å². The molecule has 1 saturated heterocycles. The Balaban J connectivity index is 1.48. The molecule has 1 fully saturated rings. The summed E-state index contributed by atoms with van der Waals surface area (Å²) in [6, 6.07) is 6.05. The molecule has 0 bridgehead atoms. The van der Waals surface area contributed by atoms with Crippen molar-refractivity contribution >= 4 is 16.9 Å². The molecule has 0 unspecified atom stereocenters. The van der Waals surface area contributed by atoms with Crippen molar-refractivity contribution in [3.63, 3.8) is 0 Å². The van der Waals surface area contributed by atoms with E-state index in [1.807, 2.05) is 27.9 Å². The van der Waals surface area contributed by atoms with E-state index in [2.05, 4.69) is 25.0 Å². The Labute approximate surface area is 158 Å². The molecule has 1 atom stereocenters. The normalized spacial score (nSPS) is 18.0. The summed E-state index contributed by atoms with van der Waals surface area (Å²) >= 11 is 0. The number of carbonyl (C=O) groups excluding carboxylic acids is 1. The summed E-state index contributed by atoms with van der Waals surface area (Å²) in [4.78, 5) is 14.9. The summed E-state index contributed by atoms with van der Waals surface area (Å²) < 4.78 is 13.5. The summed E-state index contributed by atoms with van der Waals surface area (Å²) in [6.45, 7) is 6.76. The minimum atomic E-state index is -0.0400. The van der Waals surface area contributed by atoms with Gasteiger partial charge in [0.2, 0.25) is 5.91 Å². The largest absolute Gasteiger partial charge is 0.464 e. The SMILES string of the molecule is Cc1cc(C)c2c(CC(=O)N3CCCO[C@H](Cn4cccn4)C3)coc2c1. The standard InChI is InChI=1S/C21H25N3O3/c1-15-9-16(2)21-17(14-27-19(21)10-15)11-20(25)23-6-4-8-26-18(12-23)13-24-7-3-5-22-24/h3,5,7,9-10,14,18H,4,6,8,11-13H2,1-2H3/t18-/m0/s1. The number of rotatable bonds is 4. The molecule has 0 radical (unpaired) electrons. The average Bonchev–Trinajstić information content (AvgIpc) is 3.20. The lowest BCUT2D eigenvalue weighted by Gasteiger charge is -2.24. The van der Waals surface area contributed by atoms with Crippen LogP contribution in [0.2, 0.25) is 0 Å². The molecular weight excluding hydrogens is 342 g/mol. The average molecular weight is 367 g/mol. The van der Waals surface area contributed by atoms with E-state index in [-0.39, 0.29) is 12.0 Å². The van der Waals surface area contributed by atoms with E-state index in [0.29, 0.717) is 26.1 Å². The molecule has 3 aromatic rings. The van der Waals surface area contributed by atoms with E-state index in [1.54, 1.807) is 12.5 Å². The number of ether oxygens (including phenoxy) is 1. The number of carbonyl (C=O) groups is 1. The lowest BCUT2D eigenvalue weighted by atomic mass is 10.0. The van der Waals surface area contributed by atoms with E-state index in [4.69, 9.17) is 9.15 Å². The van der Waals surface area contributed by atoms with Gasteiger partial charge < -0.3 is 14.1 Å². The van der Waals surface area contributed by atoms with Gasteiger partial charge in [-0.25, -0.2) is 0 Å². The number of nitrogens with zero attached hydrogens (tertiary/aromatic N) is 3. The van der Waals surface area contributed by atoms with Gasteiger partial charge in [-0.1, -0.05) is 6.07 Å². The predicted molar refractivity (Wildman–Crippen MR) is 103 cm³/mol. The van der Waals surface area contributed by atoms with Gasteiger partial charge in [-0.15, -0.1) is 0 Å². The molecule has 0 saturated carbocycles. The lowest BCUT2D eigenvalue weighted by Crippen LogP contribution is -2.39. The third kappa shape index (κ3) is 3.90. The van der Waals surface area contributed by atoms with E-state index in [0.717, 1.165) is 35.1 Å². The first-order valence-electron chi connectivity index (χ1n) is 9.44. The predicted octanol–water partition coefficient (Wildman–Crippen LogP) is 3.11. The second-order valence-corrected chi connectivity index (χ2v) is 7.31. The number of furan rings is 1. The Kier molecular flexibility index (Phi) is 4.99. The van der Waals surface area contributed by atoms with Crippen molar-refractivity contribution in [1.82, 2.24) is 14.7 Å². The highest BCUT2D eigenvalue weighted by Gasteiger charge is 2.24. The second kappa shape index (κ2) is 7.56. The maximum absolute atomic E-state index is 13.0. The second-order valence-electron chi connectivity index (χ2n) is 7.31. The van der Waals surface area contributed by atoms with Gasteiger partial charge in [-0.3, -0.25) is 9.48 Å². The van der Waals surface area contributed by atoms with Gasteiger partial charge >= 0.3 is 0 Å². The van der Waals surface area contributed by atoms with E-state index in [1.165, 1.54) is 5.56 Å². The zero-order chi connectivity index (χ0) is 18.8. The van der Waals surface area contributed by atoms with Crippen molar-refractivity contribution < 1.29 is 13.9 Å². The number of aryl methyl sites for hydroxylation is 2. The van der Waals surface area contributed by atoms with Crippen molar-refractivity contribution in [3.05, 3.63) is 53.5 Å². The van der Waals surface area contributed by atoms with Gasteiger partial charge in [-0.05, 0) is 43.5 Å². The topological polar surface area (TPSA) is 60.5 Å². The maximum atomic E-state index is 13.0. The van der Waals surface area contributed by atoms with Crippen molar-refractivity contribution in [3.8, 4) is 0 Å². The highest BCUT2D eigenvalue weighted by atomic mass is 16.5. The number of hydrogen-bond acceptors (Lipinski definition) is 4. The molecule has 142 valence electrons. The molecule has 6 heteroatoms. The molecule has 0 N–H and O–H groups in total. The number of aromatic nitrogens is 2. The van der Waals surface area contributed by atoms with Crippen LogP contribution in [0, 0.1) is 13.8 Å². The number of fused-ring (bicyclic) bond motifs is 1. The lowest BCUT2D eigenvalue weighted by molar-refractivity contribution is -0.131. The fourth-order valence-electron chi connectivity index (χ4n) is 3.88. The van der Waals surface area contributed by atoms with Gasteiger partial charge in [0, 0.05) is 43.0 Å². The summed E-state index contributed by atoms with van der Waals surface area (Å²) in [5, 5.41) is 5.31. The zero-order valence-electron chi connectivity index (χ0n) is 15.9. The molecule has 0 aliphatic carbocycles. The Bertz CT molecular complexity index is 930. The Hall–Kier alpha value is -2.60. The Morgan fingerprint density at radius 3 is 3.04 bits per heavy atom. The third-order valence-electron chi connectivity index (χ3n) is 5.09. The highest BCUT2D eigenvalue weighted by molar-refractivity contribution is 5.90. The first-order chi connectivity index (χ1) is 13.1. The van der Waals surface area contributed by atoms with Crippen LogP contribution in [0.3, 0.4) is 0 Å². The molecule has 1 aliphatic heterocycles. The minimum Gasteiger partial charge on any atom is -0.464 e. The van der Waals surface area contributed by atoms with Crippen molar-refractivity contribution in [2.75, 3.05) is 19.7 Å². The molecule has 4 rings (SSSR count). The highest BCUT2D eigenvalue weighted by Crippen LogP contribution is 2.27. The zero-order valence-corrected chi connectivity index (χ0v) is 15.9. The quantitative estimate of drug-likeness (QED) is 0.711. The number of hydrogen-bond donors (Lipinski definition) is 0. The van der Waals surface area contributed by atoms with Gasteiger partial charge in [-0.2, -0.15) is 5.10 Å². The van der Waals surface area contributed by atoms with Crippen LogP contribution < -0.4 is 0 Å². The van der Waals surface area contributed by atoms with E-state index >= 15 is 0 Å². The first-order valence-corrected chi connectivity index (χ1v) is 9.44. The maximum Gasteiger partial charge on any atom is 0.227 e. The van der Waals surface area contributed by atoms with Crippen molar-refractivity contribution in [2.45, 2.75) is 39.3 Å². The molecule has 2 aromatic heterocycles. The fraction of sp³-hybridized carbons (Fsp3) is 0.429. The Morgan fingerprint density at radius 1 is 1.33 bits per heavy atom. The van der Waals surface area contributed by atoms with Crippen LogP contribution in [0.25, 0.3) is 11.0 Å². The van der Waals surface area contributed by atoms with Crippen molar-refractivity contribution in [1.29, 1.82) is 0 Å². The smallest absolute Gasteiger partial charge is 0.227 e. The molecule has 1 amide bonds. The summed E-state index contributed by atoms with van der Waals surface area (Å²) in [6.07, 6.45) is 6.57. The summed E-state index contributed by atoms with van der Waals surface area (Å²) in [7, 11) is 0. The van der Waals surface area contributed by atoms with Crippen LogP contribution in [0.4, 0.5) is 0 Å². The minimum absolute atomic E-state index is 0.0400. The molecule has 1 aromatic carbocycles. The van der Waals surface area contributed by atoms with Crippen LogP contribution in [-0.4, -0.2) is 46.4 Å². The van der Waals surface area contributed by atoms with Gasteiger partial charge in [0.25, 0.3) is 0 Å². The molecule has 0 spiro atoms. The Morgan fingerprint density at radius 2 is 2.22 bits per heavy atom. The van der Waals surface area contributed by atoms with Crippen LogP contribution in [0.1, 0.15) is 23.1 Å². The molecule has 6 nitrogen and oxygen atoms in total. The third-order valence-corrected chi connectivity index (χ3v) is 5.09. The van der Waals surface area contributed by atoms with Gasteiger partial charge in [0.05, 0.1) is 25.3 Å². The van der Waals surface area contributed by atoms with Gasteiger partial charge in [0.15, 0.2) is 0 Å².